The third kappa shape index (κ3) is 2.92. The van der Waals surface area contributed by atoms with E-state index in [0.717, 1.165) is 28.0 Å². The largest absolute Gasteiger partial charge is 0.248 e. The maximum atomic E-state index is 12.6. The summed E-state index contributed by atoms with van der Waals surface area (Å²) in [6, 6.07) is 1.32. The molecule has 0 aromatic carbocycles. The van der Waals surface area contributed by atoms with Crippen LogP contribution in [0.4, 0.5) is 0 Å². The van der Waals surface area contributed by atoms with Gasteiger partial charge in [-0.1, -0.05) is 0 Å². The molecule has 9 heteroatoms. The van der Waals surface area contributed by atoms with Crippen molar-refractivity contribution >= 4 is 37.3 Å². The van der Waals surface area contributed by atoms with E-state index in [-0.39, 0.29) is 6.04 Å². The Bertz CT molecular complexity index is 781. The van der Waals surface area contributed by atoms with Crippen LogP contribution in [0.1, 0.15) is 35.4 Å². The smallest absolute Gasteiger partial charge is 0.242 e. The lowest BCUT2D eigenvalue weighted by Crippen LogP contribution is -2.33. The van der Waals surface area contributed by atoms with Crippen molar-refractivity contribution in [2.45, 2.75) is 44.2 Å². The fourth-order valence-electron chi connectivity index (χ4n) is 2.53. The van der Waals surface area contributed by atoms with Gasteiger partial charge in [-0.15, -0.1) is 11.3 Å². The quantitative estimate of drug-likeness (QED) is 0.873. The van der Waals surface area contributed by atoms with E-state index in [0.29, 0.717) is 16.5 Å². The lowest BCUT2D eigenvalue weighted by atomic mass is 10.1. The van der Waals surface area contributed by atoms with Crippen LogP contribution in [-0.4, -0.2) is 23.2 Å². The van der Waals surface area contributed by atoms with Crippen LogP contribution in [0.25, 0.3) is 0 Å². The molecule has 1 aliphatic rings. The van der Waals surface area contributed by atoms with Crippen molar-refractivity contribution < 1.29 is 8.42 Å². The number of rotatable bonds is 3. The highest BCUT2D eigenvalue weighted by Gasteiger charge is 2.29. The molecular formula is C12H15BrN4O2S2. The number of hydrogen-bond acceptors (Lipinski definition) is 5. The van der Waals surface area contributed by atoms with Gasteiger partial charge in [0.15, 0.2) is 0 Å². The highest BCUT2D eigenvalue weighted by Crippen LogP contribution is 2.31. The van der Waals surface area contributed by atoms with Crippen molar-refractivity contribution in [3.63, 3.8) is 0 Å². The summed E-state index contributed by atoms with van der Waals surface area (Å²) < 4.78 is 30.5. The fraction of sp³-hybridized carbons (Fsp3) is 0.500. The molecule has 21 heavy (non-hydrogen) atoms. The second kappa shape index (κ2) is 5.45. The number of fused-ring (bicyclic) bond motifs is 1. The van der Waals surface area contributed by atoms with E-state index in [1.165, 1.54) is 11.3 Å². The van der Waals surface area contributed by atoms with Crippen LogP contribution in [0.3, 0.4) is 0 Å². The van der Waals surface area contributed by atoms with Gasteiger partial charge in [0.25, 0.3) is 0 Å². The van der Waals surface area contributed by atoms with Crippen LogP contribution in [0.2, 0.25) is 0 Å². The molecule has 1 N–H and O–H groups in total. The summed E-state index contributed by atoms with van der Waals surface area (Å²) in [7, 11) is -3.55. The van der Waals surface area contributed by atoms with Gasteiger partial charge in [0.2, 0.25) is 10.0 Å². The molecule has 0 amide bonds. The molecule has 6 nitrogen and oxygen atoms in total. The van der Waals surface area contributed by atoms with Gasteiger partial charge in [0.1, 0.15) is 11.6 Å². The first kappa shape index (κ1) is 15.1. The minimum atomic E-state index is -3.55. The summed E-state index contributed by atoms with van der Waals surface area (Å²) in [5, 5.41) is 4.29. The minimum Gasteiger partial charge on any atom is -0.248 e. The molecular weight excluding hydrogens is 376 g/mol. The van der Waals surface area contributed by atoms with E-state index < -0.39 is 10.0 Å². The SMILES string of the molecule is Cc1nc2n(n1)CCC[C@@H]2NS(=O)(=O)c1cc(Br)sc1C. The molecule has 0 radical (unpaired) electrons. The molecule has 1 atom stereocenters. The van der Waals surface area contributed by atoms with Gasteiger partial charge in [0, 0.05) is 11.4 Å². The second-order valence-corrected chi connectivity index (χ2v) is 9.35. The van der Waals surface area contributed by atoms with E-state index in [9.17, 15) is 8.42 Å². The molecule has 0 fully saturated rings. The Morgan fingerprint density at radius 1 is 1.48 bits per heavy atom. The predicted octanol–water partition coefficient (Wildman–Crippen LogP) is 2.53. The number of nitrogens with one attached hydrogen (secondary N) is 1. The minimum absolute atomic E-state index is 0.317. The Labute approximate surface area is 135 Å². The molecule has 0 saturated heterocycles. The van der Waals surface area contributed by atoms with Gasteiger partial charge in [-0.2, -0.15) is 5.10 Å². The van der Waals surface area contributed by atoms with Crippen LogP contribution in [0.15, 0.2) is 14.7 Å². The Kier molecular flexibility index (Phi) is 3.93. The first-order valence-electron chi connectivity index (χ1n) is 6.56. The highest BCUT2D eigenvalue weighted by atomic mass is 79.9. The molecule has 0 bridgehead atoms. The van der Waals surface area contributed by atoms with Gasteiger partial charge >= 0.3 is 0 Å². The van der Waals surface area contributed by atoms with Gasteiger partial charge in [-0.05, 0) is 48.7 Å². The number of nitrogens with zero attached hydrogens (tertiary/aromatic N) is 3. The summed E-state index contributed by atoms with van der Waals surface area (Å²) in [6.45, 7) is 4.41. The molecule has 114 valence electrons. The maximum Gasteiger partial charge on any atom is 0.242 e. The number of hydrogen-bond donors (Lipinski definition) is 1. The molecule has 1 aliphatic heterocycles. The monoisotopic (exact) mass is 390 g/mol. The maximum absolute atomic E-state index is 12.6. The zero-order valence-corrected chi connectivity index (χ0v) is 14.8. The summed E-state index contributed by atoms with van der Waals surface area (Å²) in [4.78, 5) is 5.45. The molecule has 0 unspecified atom stereocenters. The van der Waals surface area contributed by atoms with Crippen molar-refractivity contribution in [2.75, 3.05) is 0 Å². The first-order chi connectivity index (χ1) is 9.87. The van der Waals surface area contributed by atoms with E-state index in [1.54, 1.807) is 17.7 Å². The average molecular weight is 391 g/mol. The Morgan fingerprint density at radius 3 is 2.90 bits per heavy atom. The number of halogens is 1. The highest BCUT2D eigenvalue weighted by molar-refractivity contribution is 9.11. The van der Waals surface area contributed by atoms with Crippen LogP contribution >= 0.6 is 27.3 Å². The molecule has 0 aliphatic carbocycles. The summed E-state index contributed by atoms with van der Waals surface area (Å²) in [6.07, 6.45) is 1.62. The number of aryl methyl sites for hydroxylation is 3. The molecule has 2 aromatic rings. The standard InChI is InChI=1S/C12H15BrN4O2S2/c1-7-10(6-11(13)20-7)21(18,19)16-9-4-3-5-17-12(9)14-8(2)15-17/h6,9,16H,3-5H2,1-2H3/t9-/m0/s1. The Hall–Kier alpha value is -0.770. The van der Waals surface area contributed by atoms with E-state index in [2.05, 4.69) is 30.7 Å². The molecule has 2 aromatic heterocycles. The van der Waals surface area contributed by atoms with Crippen LogP contribution in [-0.2, 0) is 16.6 Å². The van der Waals surface area contributed by atoms with E-state index in [4.69, 9.17) is 0 Å². The summed E-state index contributed by atoms with van der Waals surface area (Å²) >= 11 is 4.74. The second-order valence-electron chi connectivity index (χ2n) is 5.03. The van der Waals surface area contributed by atoms with Crippen molar-refractivity contribution in [3.05, 3.63) is 26.4 Å². The Morgan fingerprint density at radius 2 is 2.24 bits per heavy atom. The lowest BCUT2D eigenvalue weighted by Gasteiger charge is -2.22. The zero-order chi connectivity index (χ0) is 15.2. The number of thiophene rings is 1. The van der Waals surface area contributed by atoms with Gasteiger partial charge in [0.05, 0.1) is 14.7 Å². The third-order valence-electron chi connectivity index (χ3n) is 3.41. The zero-order valence-electron chi connectivity index (χ0n) is 11.6. The van der Waals surface area contributed by atoms with Crippen molar-refractivity contribution in [1.29, 1.82) is 0 Å². The van der Waals surface area contributed by atoms with Crippen molar-refractivity contribution in [3.8, 4) is 0 Å². The molecule has 3 heterocycles. The Balaban J connectivity index is 1.92. The van der Waals surface area contributed by atoms with Crippen LogP contribution < -0.4 is 4.72 Å². The van der Waals surface area contributed by atoms with Crippen molar-refractivity contribution in [1.82, 2.24) is 19.5 Å². The van der Waals surface area contributed by atoms with E-state index in [1.807, 2.05) is 6.92 Å². The van der Waals surface area contributed by atoms with E-state index >= 15 is 0 Å². The first-order valence-corrected chi connectivity index (χ1v) is 9.66. The predicted molar refractivity (Wildman–Crippen MR) is 83.8 cm³/mol. The number of sulfonamides is 1. The topological polar surface area (TPSA) is 76.9 Å². The van der Waals surface area contributed by atoms with Crippen molar-refractivity contribution in [2.24, 2.45) is 0 Å². The molecule has 0 saturated carbocycles. The normalized spacial score (nSPS) is 18.7. The average Bonchev–Trinajstić information content (AvgIpc) is 2.92. The summed E-state index contributed by atoms with van der Waals surface area (Å²) in [5.41, 5.74) is 0. The van der Waals surface area contributed by atoms with Crippen LogP contribution in [0.5, 0.6) is 0 Å². The lowest BCUT2D eigenvalue weighted by molar-refractivity contribution is 0.399. The summed E-state index contributed by atoms with van der Waals surface area (Å²) in [5.74, 6) is 1.37. The molecule has 3 rings (SSSR count). The van der Waals surface area contributed by atoms with Gasteiger partial charge in [-0.25, -0.2) is 22.8 Å². The van der Waals surface area contributed by atoms with Gasteiger partial charge in [-0.3, -0.25) is 0 Å². The van der Waals surface area contributed by atoms with Gasteiger partial charge < -0.3 is 0 Å². The number of aromatic nitrogens is 3. The third-order valence-corrected chi connectivity index (χ3v) is 6.69. The molecule has 0 spiro atoms. The van der Waals surface area contributed by atoms with Crippen LogP contribution in [0, 0.1) is 13.8 Å². The fourth-order valence-corrected chi connectivity index (χ4v) is 6.17.